The molecule has 2 fully saturated rings. The van der Waals surface area contributed by atoms with Gasteiger partial charge in [0.15, 0.2) is 0 Å². The van der Waals surface area contributed by atoms with Crippen LogP contribution in [0.4, 0.5) is 38.4 Å². The Morgan fingerprint density at radius 1 is 1.06 bits per heavy atom. The maximum Gasteiger partial charge on any atom is 0.413 e. The normalized spacial score (nSPS) is 19.8. The van der Waals surface area contributed by atoms with Gasteiger partial charge < -0.3 is 15.0 Å². The van der Waals surface area contributed by atoms with Crippen LogP contribution in [0.1, 0.15) is 56.8 Å². The van der Waals surface area contributed by atoms with Crippen molar-refractivity contribution in [2.24, 2.45) is 0 Å². The molecule has 12 heteroatoms. The summed E-state index contributed by atoms with van der Waals surface area (Å²) in [4.78, 5) is 30.3. The predicted molar refractivity (Wildman–Crippen MR) is 106 cm³/mol. The van der Waals surface area contributed by atoms with E-state index in [1.807, 2.05) is 5.32 Å². The molecule has 0 atom stereocenters. The van der Waals surface area contributed by atoms with Crippen LogP contribution < -0.4 is 15.5 Å². The molecular formula is C20H25F5N4O3. The maximum atomic E-state index is 13.6. The largest absolute Gasteiger partial charge is 0.444 e. The standard InChI is InChI=1S/C20H25F5N4O3/c1-17(2,3)32-16(31)27-13-5-4-12(15(30)28-18(6-7-18)20(23,24)25)14(26-13)29-10-8-19(21,22)9-11-29/h4-5H,6-11H2,1-3H3,(H,28,30)(H,26,27,31). The summed E-state index contributed by atoms with van der Waals surface area (Å²) >= 11 is 0. The molecule has 0 unspecified atom stereocenters. The number of nitrogens with one attached hydrogen (secondary N) is 2. The van der Waals surface area contributed by atoms with Crippen molar-refractivity contribution in [2.45, 2.75) is 69.7 Å². The molecule has 2 amide bonds. The molecule has 0 radical (unpaired) electrons. The second-order valence-electron chi connectivity index (χ2n) is 9.07. The summed E-state index contributed by atoms with van der Waals surface area (Å²) in [6.45, 7) is 4.66. The summed E-state index contributed by atoms with van der Waals surface area (Å²) in [5.41, 5.74) is -3.27. The Labute approximate surface area is 181 Å². The van der Waals surface area contributed by atoms with Crippen LogP contribution in [0.3, 0.4) is 0 Å². The molecule has 2 heterocycles. The lowest BCUT2D eigenvalue weighted by Crippen LogP contribution is -2.48. The van der Waals surface area contributed by atoms with Gasteiger partial charge in [-0.15, -0.1) is 0 Å². The van der Waals surface area contributed by atoms with E-state index in [1.54, 1.807) is 20.8 Å². The summed E-state index contributed by atoms with van der Waals surface area (Å²) in [5, 5.41) is 4.41. The minimum atomic E-state index is -4.61. The van der Waals surface area contributed by atoms with Crippen LogP contribution >= 0.6 is 0 Å². The first kappa shape index (κ1) is 24.0. The van der Waals surface area contributed by atoms with Crippen molar-refractivity contribution < 1.29 is 36.3 Å². The predicted octanol–water partition coefficient (Wildman–Crippen LogP) is 4.49. The lowest BCUT2D eigenvalue weighted by Gasteiger charge is -2.33. The molecule has 1 aliphatic carbocycles. The summed E-state index contributed by atoms with van der Waals surface area (Å²) in [7, 11) is 0. The lowest BCUT2D eigenvalue weighted by molar-refractivity contribution is -0.163. The fourth-order valence-electron chi connectivity index (χ4n) is 3.28. The van der Waals surface area contributed by atoms with Gasteiger partial charge in [0, 0.05) is 25.9 Å². The number of carbonyl (C=O) groups excluding carboxylic acids is 2. The number of hydrogen-bond donors (Lipinski definition) is 2. The highest BCUT2D eigenvalue weighted by Gasteiger charge is 2.64. The number of anilines is 2. The third-order valence-corrected chi connectivity index (χ3v) is 5.19. The average Bonchev–Trinajstić information content (AvgIpc) is 3.40. The van der Waals surface area contributed by atoms with Crippen LogP contribution in [0.25, 0.3) is 0 Å². The zero-order chi connectivity index (χ0) is 23.9. The Morgan fingerprint density at radius 2 is 1.66 bits per heavy atom. The third kappa shape index (κ3) is 5.57. The first-order valence-corrected chi connectivity index (χ1v) is 10.1. The number of alkyl halides is 5. The van der Waals surface area contributed by atoms with Crippen molar-refractivity contribution in [3.8, 4) is 0 Å². The highest BCUT2D eigenvalue weighted by atomic mass is 19.4. The van der Waals surface area contributed by atoms with Crippen molar-refractivity contribution in [1.29, 1.82) is 0 Å². The van der Waals surface area contributed by atoms with Crippen LogP contribution in [-0.4, -0.2) is 53.3 Å². The van der Waals surface area contributed by atoms with Crippen molar-refractivity contribution in [1.82, 2.24) is 10.3 Å². The van der Waals surface area contributed by atoms with E-state index in [2.05, 4.69) is 10.3 Å². The molecule has 2 N–H and O–H groups in total. The molecule has 32 heavy (non-hydrogen) atoms. The molecule has 1 saturated carbocycles. The van der Waals surface area contributed by atoms with Crippen LogP contribution in [-0.2, 0) is 4.74 Å². The minimum absolute atomic E-state index is 0.0277. The van der Waals surface area contributed by atoms with E-state index in [9.17, 15) is 31.5 Å². The topological polar surface area (TPSA) is 83.6 Å². The highest BCUT2D eigenvalue weighted by molar-refractivity contribution is 6.00. The first-order chi connectivity index (χ1) is 14.6. The van der Waals surface area contributed by atoms with Crippen LogP contribution in [0, 0.1) is 0 Å². The number of nitrogens with zero attached hydrogens (tertiary/aromatic N) is 2. The molecule has 1 saturated heterocycles. The number of pyridine rings is 1. The Bertz CT molecular complexity index is 884. The molecule has 0 bridgehead atoms. The zero-order valence-electron chi connectivity index (χ0n) is 17.9. The summed E-state index contributed by atoms with van der Waals surface area (Å²) in [5.74, 6) is -3.99. The molecule has 2 aliphatic rings. The summed E-state index contributed by atoms with van der Waals surface area (Å²) < 4.78 is 72.1. The van der Waals surface area contributed by atoms with Crippen molar-refractivity contribution in [3.63, 3.8) is 0 Å². The third-order valence-electron chi connectivity index (χ3n) is 5.19. The highest BCUT2D eigenvalue weighted by Crippen LogP contribution is 2.49. The molecule has 1 aromatic heterocycles. The van der Waals surface area contributed by atoms with E-state index < -0.39 is 48.1 Å². The van der Waals surface area contributed by atoms with Gasteiger partial charge in [-0.05, 0) is 45.7 Å². The second kappa shape index (κ2) is 8.04. The van der Waals surface area contributed by atoms with Gasteiger partial charge in [-0.2, -0.15) is 13.2 Å². The van der Waals surface area contributed by atoms with E-state index in [0.29, 0.717) is 0 Å². The minimum Gasteiger partial charge on any atom is -0.444 e. The van der Waals surface area contributed by atoms with Gasteiger partial charge in [0.2, 0.25) is 0 Å². The summed E-state index contributed by atoms with van der Waals surface area (Å²) in [6.07, 6.45) is -6.90. The van der Waals surface area contributed by atoms with E-state index in [1.165, 1.54) is 17.0 Å². The van der Waals surface area contributed by atoms with Gasteiger partial charge in [0.25, 0.3) is 11.8 Å². The fourth-order valence-corrected chi connectivity index (χ4v) is 3.28. The number of aromatic nitrogens is 1. The number of piperidine rings is 1. The lowest BCUT2D eigenvalue weighted by atomic mass is 10.1. The number of ether oxygens (including phenoxy) is 1. The van der Waals surface area contributed by atoms with Gasteiger partial charge in [0.1, 0.15) is 22.8 Å². The maximum absolute atomic E-state index is 13.6. The van der Waals surface area contributed by atoms with Gasteiger partial charge in [-0.25, -0.2) is 18.6 Å². The van der Waals surface area contributed by atoms with Gasteiger partial charge in [-0.1, -0.05) is 0 Å². The number of amides is 2. The van der Waals surface area contributed by atoms with Crippen LogP contribution in [0.2, 0.25) is 0 Å². The van der Waals surface area contributed by atoms with Gasteiger partial charge >= 0.3 is 12.3 Å². The smallest absolute Gasteiger partial charge is 0.413 e. The van der Waals surface area contributed by atoms with E-state index in [4.69, 9.17) is 4.74 Å². The van der Waals surface area contributed by atoms with Crippen molar-refractivity contribution >= 4 is 23.6 Å². The first-order valence-electron chi connectivity index (χ1n) is 10.1. The molecule has 0 spiro atoms. The number of rotatable bonds is 4. The molecular weight excluding hydrogens is 439 g/mol. The van der Waals surface area contributed by atoms with E-state index in [0.717, 1.165) is 0 Å². The monoisotopic (exact) mass is 464 g/mol. The molecule has 0 aromatic carbocycles. The van der Waals surface area contributed by atoms with Crippen LogP contribution in [0.15, 0.2) is 12.1 Å². The van der Waals surface area contributed by atoms with Crippen molar-refractivity contribution in [2.75, 3.05) is 23.3 Å². The molecule has 1 aromatic rings. The fraction of sp³-hybridized carbons (Fsp3) is 0.650. The van der Waals surface area contributed by atoms with Gasteiger partial charge in [-0.3, -0.25) is 10.1 Å². The number of carbonyl (C=O) groups is 2. The SMILES string of the molecule is CC(C)(C)OC(=O)Nc1ccc(C(=O)NC2(C(F)(F)F)CC2)c(N2CCC(F)(F)CC2)n1. The number of halogens is 5. The van der Waals surface area contributed by atoms with Crippen molar-refractivity contribution in [3.05, 3.63) is 17.7 Å². The molecule has 1 aliphatic heterocycles. The van der Waals surface area contributed by atoms with Gasteiger partial charge in [0.05, 0.1) is 5.56 Å². The molecule has 7 nitrogen and oxygen atoms in total. The Morgan fingerprint density at radius 3 is 2.16 bits per heavy atom. The molecule has 178 valence electrons. The summed E-state index contributed by atoms with van der Waals surface area (Å²) in [6, 6.07) is 2.46. The Kier molecular flexibility index (Phi) is 6.03. The Balaban J connectivity index is 1.87. The van der Waals surface area contributed by atoms with Crippen LogP contribution in [0.5, 0.6) is 0 Å². The quantitative estimate of drug-likeness (QED) is 0.642. The number of hydrogen-bond acceptors (Lipinski definition) is 5. The van der Waals surface area contributed by atoms with E-state index in [-0.39, 0.29) is 43.1 Å². The van der Waals surface area contributed by atoms with E-state index >= 15 is 0 Å². The average molecular weight is 464 g/mol. The zero-order valence-corrected chi connectivity index (χ0v) is 17.9. The molecule has 3 rings (SSSR count). The Hall–Kier alpha value is -2.66. The second-order valence-corrected chi connectivity index (χ2v) is 9.07.